The van der Waals surface area contributed by atoms with Crippen molar-refractivity contribution < 1.29 is 22.3 Å². The van der Waals surface area contributed by atoms with Crippen LogP contribution in [-0.2, 0) is 15.4 Å². The first-order valence-corrected chi connectivity index (χ1v) is 11.0. The molecule has 0 fully saturated rings. The number of hydrogen-bond acceptors (Lipinski definition) is 6. The Kier molecular flexibility index (Phi) is 6.38. The minimum atomic E-state index is -4.00. The second-order valence-electron chi connectivity index (χ2n) is 7.62. The molecule has 3 aromatic rings. The molecule has 0 saturated carbocycles. The van der Waals surface area contributed by atoms with E-state index in [1.807, 2.05) is 20.8 Å². The summed E-state index contributed by atoms with van der Waals surface area (Å²) in [5, 5.41) is -0.137. The highest BCUT2D eigenvalue weighted by Crippen LogP contribution is 2.38. The van der Waals surface area contributed by atoms with Crippen molar-refractivity contribution in [3.05, 3.63) is 65.3 Å². The van der Waals surface area contributed by atoms with Crippen LogP contribution in [0.1, 0.15) is 26.3 Å². The molecule has 0 spiro atoms. The molecule has 7 nitrogen and oxygen atoms in total. The number of ether oxygens (including phenoxy) is 2. The lowest BCUT2D eigenvalue weighted by atomic mass is 9.87. The third-order valence-corrected chi connectivity index (χ3v) is 5.98. The van der Waals surface area contributed by atoms with Crippen molar-refractivity contribution in [2.45, 2.75) is 31.1 Å². The number of hydrogen-bond donors (Lipinski definition) is 1. The maximum absolute atomic E-state index is 13.5. The Labute approximate surface area is 185 Å². The van der Waals surface area contributed by atoms with Gasteiger partial charge < -0.3 is 9.47 Å². The van der Waals surface area contributed by atoms with Crippen LogP contribution in [0, 0.1) is 5.82 Å². The Morgan fingerprint density at radius 2 is 1.71 bits per heavy atom. The van der Waals surface area contributed by atoms with Gasteiger partial charge in [0, 0.05) is 6.07 Å². The van der Waals surface area contributed by atoms with Crippen molar-refractivity contribution in [1.82, 2.24) is 9.97 Å². The van der Waals surface area contributed by atoms with Gasteiger partial charge in [0.05, 0.1) is 12.0 Å². The van der Waals surface area contributed by atoms with Crippen molar-refractivity contribution >= 4 is 27.4 Å². The zero-order valence-corrected chi connectivity index (χ0v) is 18.9. The number of halogens is 2. The van der Waals surface area contributed by atoms with Gasteiger partial charge in [-0.2, -0.15) is 0 Å². The third-order valence-electron chi connectivity index (χ3n) is 4.36. The van der Waals surface area contributed by atoms with Gasteiger partial charge in [0.25, 0.3) is 10.0 Å². The number of methoxy groups -OCH3 is 1. The smallest absolute Gasteiger partial charge is 0.263 e. The van der Waals surface area contributed by atoms with E-state index in [9.17, 15) is 12.8 Å². The number of sulfonamides is 1. The maximum Gasteiger partial charge on any atom is 0.263 e. The normalized spacial score (nSPS) is 11.8. The zero-order valence-electron chi connectivity index (χ0n) is 17.3. The lowest BCUT2D eigenvalue weighted by Crippen LogP contribution is -2.16. The van der Waals surface area contributed by atoms with E-state index in [4.69, 9.17) is 21.1 Å². The van der Waals surface area contributed by atoms with Gasteiger partial charge in [-0.15, -0.1) is 0 Å². The monoisotopic (exact) mass is 465 g/mol. The van der Waals surface area contributed by atoms with Crippen molar-refractivity contribution in [3.63, 3.8) is 0 Å². The lowest BCUT2D eigenvalue weighted by molar-refractivity contribution is 0.375. The Morgan fingerprint density at radius 3 is 2.32 bits per heavy atom. The molecule has 0 saturated heterocycles. The summed E-state index contributed by atoms with van der Waals surface area (Å²) in [5.74, 6) is -0.656. The minimum absolute atomic E-state index is 0.0422. The molecule has 10 heteroatoms. The van der Waals surface area contributed by atoms with Crippen molar-refractivity contribution in [1.29, 1.82) is 0 Å². The van der Waals surface area contributed by atoms with E-state index in [1.54, 1.807) is 12.1 Å². The number of nitrogens with zero attached hydrogens (tertiary/aromatic N) is 2. The van der Waals surface area contributed by atoms with E-state index in [2.05, 4.69) is 14.7 Å². The van der Waals surface area contributed by atoms with Gasteiger partial charge in [-0.05, 0) is 35.2 Å². The number of rotatable bonds is 6. The Balaban J connectivity index is 1.95. The van der Waals surface area contributed by atoms with E-state index in [-0.39, 0.29) is 38.5 Å². The maximum atomic E-state index is 13.5. The Bertz CT molecular complexity index is 1200. The summed E-state index contributed by atoms with van der Waals surface area (Å²) >= 11 is 6.13. The van der Waals surface area contributed by atoms with Crippen molar-refractivity contribution in [3.8, 4) is 17.2 Å². The van der Waals surface area contributed by atoms with Gasteiger partial charge in [-0.25, -0.2) is 22.8 Å². The second kappa shape index (κ2) is 8.68. The van der Waals surface area contributed by atoms with E-state index >= 15 is 0 Å². The lowest BCUT2D eigenvalue weighted by Gasteiger charge is -2.19. The molecule has 0 radical (unpaired) electrons. The van der Waals surface area contributed by atoms with Crippen LogP contribution >= 0.6 is 11.6 Å². The van der Waals surface area contributed by atoms with Crippen molar-refractivity contribution in [2.75, 3.05) is 11.8 Å². The molecule has 31 heavy (non-hydrogen) atoms. The largest absolute Gasteiger partial charge is 0.493 e. The SMILES string of the molecule is COc1cc(F)ccc1Oc1c(Cl)ncnc1NS(=O)(=O)c1ccc(C(C)(C)C)cc1. The summed E-state index contributed by atoms with van der Waals surface area (Å²) in [4.78, 5) is 7.82. The van der Waals surface area contributed by atoms with Crippen LogP contribution in [0.25, 0.3) is 0 Å². The fraction of sp³-hybridized carbons (Fsp3) is 0.238. The van der Waals surface area contributed by atoms with E-state index < -0.39 is 15.8 Å². The van der Waals surface area contributed by atoms with Crippen LogP contribution in [0.15, 0.2) is 53.7 Å². The average Bonchev–Trinajstić information content (AvgIpc) is 2.70. The number of nitrogens with one attached hydrogen (secondary N) is 1. The fourth-order valence-electron chi connectivity index (χ4n) is 2.67. The molecule has 0 aliphatic carbocycles. The first-order chi connectivity index (χ1) is 14.5. The molecule has 1 N–H and O–H groups in total. The summed E-state index contributed by atoms with van der Waals surface area (Å²) in [6.07, 6.45) is 1.09. The highest BCUT2D eigenvalue weighted by molar-refractivity contribution is 7.92. The van der Waals surface area contributed by atoms with Crippen LogP contribution in [0.2, 0.25) is 5.15 Å². The molecule has 0 aliphatic heterocycles. The average molecular weight is 466 g/mol. The number of aromatic nitrogens is 2. The summed E-state index contributed by atoms with van der Waals surface area (Å²) in [7, 11) is -2.66. The van der Waals surface area contributed by atoms with Crippen molar-refractivity contribution in [2.24, 2.45) is 0 Å². The van der Waals surface area contributed by atoms with E-state index in [0.717, 1.165) is 24.0 Å². The first kappa shape index (κ1) is 22.8. The van der Waals surface area contributed by atoms with Crippen LogP contribution in [0.5, 0.6) is 17.2 Å². The Hall–Kier alpha value is -2.91. The van der Waals surface area contributed by atoms with Gasteiger partial charge in [0.1, 0.15) is 12.1 Å². The molecule has 1 heterocycles. The van der Waals surface area contributed by atoms with Gasteiger partial charge in [0.2, 0.25) is 5.75 Å². The third kappa shape index (κ3) is 5.23. The molecule has 0 amide bonds. The highest BCUT2D eigenvalue weighted by atomic mass is 35.5. The standard InChI is InChI=1S/C21H21ClFN3O4S/c1-21(2,3)13-5-8-15(9-6-13)31(27,28)26-20-18(19(22)24-12-25-20)30-16-10-7-14(23)11-17(16)29-4/h5-12H,1-4H3,(H,24,25,26). The number of anilines is 1. The molecule has 0 atom stereocenters. The summed E-state index contributed by atoms with van der Waals surface area (Å²) in [6, 6.07) is 10.1. The molecular formula is C21H21ClFN3O4S. The highest BCUT2D eigenvalue weighted by Gasteiger charge is 2.22. The van der Waals surface area contributed by atoms with E-state index in [1.165, 1.54) is 25.3 Å². The van der Waals surface area contributed by atoms with Gasteiger partial charge in [-0.1, -0.05) is 44.5 Å². The molecule has 0 aliphatic rings. The van der Waals surface area contributed by atoms with Crippen LogP contribution in [0.3, 0.4) is 0 Å². The molecule has 2 aromatic carbocycles. The predicted molar refractivity (Wildman–Crippen MR) is 116 cm³/mol. The molecule has 164 valence electrons. The van der Waals surface area contributed by atoms with Crippen LogP contribution in [0.4, 0.5) is 10.2 Å². The Morgan fingerprint density at radius 1 is 1.03 bits per heavy atom. The van der Waals surface area contributed by atoms with E-state index in [0.29, 0.717) is 0 Å². The first-order valence-electron chi connectivity index (χ1n) is 9.16. The topological polar surface area (TPSA) is 90.4 Å². The van der Waals surface area contributed by atoms with Gasteiger partial charge in [-0.3, -0.25) is 4.72 Å². The quantitative estimate of drug-likeness (QED) is 0.505. The van der Waals surface area contributed by atoms with Gasteiger partial charge >= 0.3 is 0 Å². The number of benzene rings is 2. The summed E-state index contributed by atoms with van der Waals surface area (Å²) in [5.41, 5.74) is 0.870. The molecule has 1 aromatic heterocycles. The predicted octanol–water partition coefficient (Wildman–Crippen LogP) is 5.17. The molecular weight excluding hydrogens is 445 g/mol. The molecule has 3 rings (SSSR count). The summed E-state index contributed by atoms with van der Waals surface area (Å²) in [6.45, 7) is 6.10. The van der Waals surface area contributed by atoms with Crippen LogP contribution < -0.4 is 14.2 Å². The fourth-order valence-corrected chi connectivity index (χ4v) is 3.86. The minimum Gasteiger partial charge on any atom is -0.493 e. The molecule has 0 unspecified atom stereocenters. The summed E-state index contributed by atoms with van der Waals surface area (Å²) < 4.78 is 52.4. The van der Waals surface area contributed by atoms with Crippen LogP contribution in [-0.4, -0.2) is 25.5 Å². The van der Waals surface area contributed by atoms with Gasteiger partial charge in [0.15, 0.2) is 22.5 Å². The molecule has 0 bridgehead atoms. The second-order valence-corrected chi connectivity index (χ2v) is 9.66. The zero-order chi connectivity index (χ0) is 22.8.